The van der Waals surface area contributed by atoms with Crippen molar-refractivity contribution in [1.29, 1.82) is 0 Å². The number of benzene rings is 1. The van der Waals surface area contributed by atoms with E-state index in [2.05, 4.69) is 38.2 Å². The monoisotopic (exact) mass is 275 g/mol. The Balaban J connectivity index is 2.10. The number of hydrogen-bond acceptors (Lipinski definition) is 3. The number of rotatable bonds is 4. The highest BCUT2D eigenvalue weighted by atomic mass is 32.1. The molecule has 2 N–H and O–H groups in total. The first-order valence-corrected chi connectivity index (χ1v) is 7.41. The van der Waals surface area contributed by atoms with Crippen molar-refractivity contribution >= 4 is 11.3 Å². The lowest BCUT2D eigenvalue weighted by Gasteiger charge is -2.20. The highest BCUT2D eigenvalue weighted by molar-refractivity contribution is 7.12. The molecule has 0 aliphatic heterocycles. The molecule has 0 saturated heterocycles. The lowest BCUT2D eigenvalue weighted by Crippen LogP contribution is -2.21. The fourth-order valence-corrected chi connectivity index (χ4v) is 3.14. The fourth-order valence-electron chi connectivity index (χ4n) is 2.25. The van der Waals surface area contributed by atoms with Gasteiger partial charge in [0.2, 0.25) is 0 Å². The largest absolute Gasteiger partial charge is 0.508 e. The summed E-state index contributed by atoms with van der Waals surface area (Å²) in [5, 5.41) is 13.5. The van der Waals surface area contributed by atoms with Gasteiger partial charge in [-0.15, -0.1) is 11.3 Å². The number of thiophene rings is 1. The second kappa shape index (κ2) is 5.76. The van der Waals surface area contributed by atoms with E-state index in [1.165, 1.54) is 9.75 Å². The maximum Gasteiger partial charge on any atom is 0.120 e. The molecule has 1 heterocycles. The lowest BCUT2D eigenvalue weighted by atomic mass is 10.0. The molecule has 0 fully saturated rings. The first kappa shape index (κ1) is 14.1. The van der Waals surface area contributed by atoms with Gasteiger partial charge in [-0.2, -0.15) is 0 Å². The van der Waals surface area contributed by atoms with Crippen molar-refractivity contribution in [2.75, 3.05) is 0 Å². The van der Waals surface area contributed by atoms with Gasteiger partial charge in [0.05, 0.1) is 0 Å². The van der Waals surface area contributed by atoms with Gasteiger partial charge in [-0.1, -0.05) is 12.1 Å². The van der Waals surface area contributed by atoms with Crippen molar-refractivity contribution in [1.82, 2.24) is 5.32 Å². The molecule has 19 heavy (non-hydrogen) atoms. The summed E-state index contributed by atoms with van der Waals surface area (Å²) in [5.41, 5.74) is 2.03. The Labute approximate surface area is 119 Å². The van der Waals surface area contributed by atoms with Crippen LogP contribution in [-0.4, -0.2) is 5.11 Å². The fraction of sp³-hybridized carbons (Fsp3) is 0.375. The van der Waals surface area contributed by atoms with Crippen LogP contribution >= 0.6 is 11.3 Å². The molecule has 3 heteroatoms. The number of phenols is 1. The zero-order chi connectivity index (χ0) is 14.0. The summed E-state index contributed by atoms with van der Waals surface area (Å²) in [6.45, 7) is 8.35. The molecule has 2 nitrogen and oxygen atoms in total. The van der Waals surface area contributed by atoms with Gasteiger partial charge < -0.3 is 10.4 Å². The Bertz CT molecular complexity index is 562. The van der Waals surface area contributed by atoms with Crippen molar-refractivity contribution in [2.24, 2.45) is 0 Å². The van der Waals surface area contributed by atoms with Crippen LogP contribution in [0, 0.1) is 13.8 Å². The van der Waals surface area contributed by atoms with Gasteiger partial charge in [0.15, 0.2) is 0 Å². The number of aryl methyl sites for hydroxylation is 2. The second-order valence-corrected chi connectivity index (χ2v) is 6.44. The molecule has 2 rings (SSSR count). The van der Waals surface area contributed by atoms with E-state index in [9.17, 15) is 5.11 Å². The number of hydrogen-bond donors (Lipinski definition) is 2. The molecule has 0 aliphatic rings. The van der Waals surface area contributed by atoms with Gasteiger partial charge in [0, 0.05) is 27.4 Å². The van der Waals surface area contributed by atoms with Crippen molar-refractivity contribution in [3.05, 3.63) is 51.2 Å². The summed E-state index contributed by atoms with van der Waals surface area (Å²) in [4.78, 5) is 2.66. The maximum atomic E-state index is 10.0. The van der Waals surface area contributed by atoms with Crippen molar-refractivity contribution in [3.63, 3.8) is 0 Å². The van der Waals surface area contributed by atoms with Crippen LogP contribution in [0.2, 0.25) is 0 Å². The predicted octanol–water partition coefficient (Wildman–Crippen LogP) is 4.48. The Kier molecular flexibility index (Phi) is 4.27. The average molecular weight is 275 g/mol. The van der Waals surface area contributed by atoms with Crippen LogP contribution in [0.4, 0.5) is 0 Å². The molecule has 1 aromatic carbocycles. The van der Waals surface area contributed by atoms with Crippen LogP contribution in [0.3, 0.4) is 0 Å². The number of phenolic OH excluding ortho intramolecular Hbond substituents is 1. The van der Waals surface area contributed by atoms with E-state index in [0.29, 0.717) is 5.75 Å². The Morgan fingerprint density at radius 2 is 1.79 bits per heavy atom. The molecule has 1 aromatic heterocycles. The molecule has 2 atom stereocenters. The Morgan fingerprint density at radius 3 is 2.37 bits per heavy atom. The van der Waals surface area contributed by atoms with Crippen LogP contribution < -0.4 is 5.32 Å². The van der Waals surface area contributed by atoms with Gasteiger partial charge in [-0.3, -0.25) is 0 Å². The summed E-state index contributed by atoms with van der Waals surface area (Å²) in [6.07, 6.45) is 0. The zero-order valence-electron chi connectivity index (χ0n) is 11.9. The van der Waals surface area contributed by atoms with E-state index >= 15 is 0 Å². The third-order valence-electron chi connectivity index (χ3n) is 3.34. The summed E-state index contributed by atoms with van der Waals surface area (Å²) in [6, 6.07) is 10.6. The zero-order valence-corrected chi connectivity index (χ0v) is 12.7. The van der Waals surface area contributed by atoms with Gasteiger partial charge in [0.1, 0.15) is 5.75 Å². The SMILES string of the molecule is Cc1ccc(C(C)NC(C)c2ccc(C)s2)c(O)c1. The minimum Gasteiger partial charge on any atom is -0.508 e. The van der Waals surface area contributed by atoms with E-state index in [-0.39, 0.29) is 12.1 Å². The minimum atomic E-state index is 0.123. The molecule has 0 saturated carbocycles. The number of aromatic hydroxyl groups is 1. The summed E-state index contributed by atoms with van der Waals surface area (Å²) < 4.78 is 0. The lowest BCUT2D eigenvalue weighted by molar-refractivity contribution is 0.439. The van der Waals surface area contributed by atoms with Crippen molar-refractivity contribution < 1.29 is 5.11 Å². The molecule has 0 spiro atoms. The molecule has 0 bridgehead atoms. The quantitative estimate of drug-likeness (QED) is 0.862. The third-order valence-corrected chi connectivity index (χ3v) is 4.52. The van der Waals surface area contributed by atoms with E-state index in [1.54, 1.807) is 0 Å². The smallest absolute Gasteiger partial charge is 0.120 e. The highest BCUT2D eigenvalue weighted by Crippen LogP contribution is 2.29. The molecular weight excluding hydrogens is 254 g/mol. The summed E-state index contributed by atoms with van der Waals surface area (Å²) >= 11 is 1.81. The summed E-state index contributed by atoms with van der Waals surface area (Å²) in [5.74, 6) is 0.370. The Hall–Kier alpha value is -1.32. The first-order valence-electron chi connectivity index (χ1n) is 6.59. The predicted molar refractivity (Wildman–Crippen MR) is 81.9 cm³/mol. The van der Waals surface area contributed by atoms with Crippen LogP contribution in [-0.2, 0) is 0 Å². The van der Waals surface area contributed by atoms with E-state index in [4.69, 9.17) is 0 Å². The van der Waals surface area contributed by atoms with E-state index in [0.717, 1.165) is 11.1 Å². The van der Waals surface area contributed by atoms with Gasteiger partial charge in [-0.25, -0.2) is 0 Å². The van der Waals surface area contributed by atoms with Crippen LogP contribution in [0.15, 0.2) is 30.3 Å². The molecular formula is C16H21NOS. The molecule has 102 valence electrons. The first-order chi connectivity index (χ1) is 8.97. The van der Waals surface area contributed by atoms with Gasteiger partial charge >= 0.3 is 0 Å². The minimum absolute atomic E-state index is 0.123. The molecule has 2 aromatic rings. The number of nitrogens with one attached hydrogen (secondary N) is 1. The highest BCUT2D eigenvalue weighted by Gasteiger charge is 2.15. The summed E-state index contributed by atoms with van der Waals surface area (Å²) in [7, 11) is 0. The van der Waals surface area contributed by atoms with Crippen LogP contribution in [0.25, 0.3) is 0 Å². The Morgan fingerprint density at radius 1 is 1.05 bits per heavy atom. The van der Waals surface area contributed by atoms with Gasteiger partial charge in [-0.05, 0) is 51.5 Å². The van der Waals surface area contributed by atoms with Crippen LogP contribution in [0.5, 0.6) is 5.75 Å². The molecule has 0 aliphatic carbocycles. The third kappa shape index (κ3) is 3.37. The van der Waals surface area contributed by atoms with Crippen molar-refractivity contribution in [2.45, 2.75) is 39.8 Å². The molecule has 0 radical (unpaired) electrons. The van der Waals surface area contributed by atoms with Crippen LogP contribution in [0.1, 0.15) is 46.8 Å². The molecule has 2 unspecified atom stereocenters. The standard InChI is InChI=1S/C16H21NOS/c1-10-5-7-14(15(18)9-10)12(3)17-13(4)16-8-6-11(2)19-16/h5-9,12-13,17-18H,1-4H3. The second-order valence-electron chi connectivity index (χ2n) is 5.12. The van der Waals surface area contributed by atoms with Gasteiger partial charge in [0.25, 0.3) is 0 Å². The normalized spacial score (nSPS) is 14.3. The van der Waals surface area contributed by atoms with Crippen molar-refractivity contribution in [3.8, 4) is 5.75 Å². The average Bonchev–Trinajstić information content (AvgIpc) is 2.75. The maximum absolute atomic E-state index is 10.0. The molecule has 0 amide bonds. The van der Waals surface area contributed by atoms with E-state index < -0.39 is 0 Å². The topological polar surface area (TPSA) is 32.3 Å². The van der Waals surface area contributed by atoms with E-state index in [1.807, 2.05) is 36.5 Å².